The Balaban J connectivity index is 1.74. The lowest BCUT2D eigenvalue weighted by molar-refractivity contribution is 0.0228. The van der Waals surface area contributed by atoms with E-state index in [1.807, 2.05) is 30.3 Å². The maximum absolute atomic E-state index is 13.1. The summed E-state index contributed by atoms with van der Waals surface area (Å²) in [5, 5.41) is 0. The number of carbonyl (C=O) groups excluding carboxylic acids is 1. The molecule has 122 valence electrons. The van der Waals surface area contributed by atoms with E-state index < -0.39 is 5.91 Å². The first kappa shape index (κ1) is 16.1. The quantitative estimate of drug-likeness (QED) is 0.550. The van der Waals surface area contributed by atoms with Crippen LogP contribution in [0.1, 0.15) is 16.1 Å². The van der Waals surface area contributed by atoms with Crippen molar-refractivity contribution in [3.8, 4) is 5.69 Å². The van der Waals surface area contributed by atoms with Crippen LogP contribution in [-0.4, -0.2) is 15.5 Å². The van der Waals surface area contributed by atoms with Crippen molar-refractivity contribution in [2.45, 2.75) is 6.61 Å². The second-order valence-corrected chi connectivity index (χ2v) is 5.38. The van der Waals surface area contributed by atoms with Crippen LogP contribution in [0.15, 0.2) is 60.8 Å². The lowest BCUT2D eigenvalue weighted by Crippen LogP contribution is -2.25. The second-order valence-electron chi connectivity index (χ2n) is 5.00. The highest BCUT2D eigenvalue weighted by Gasteiger charge is 2.14. The van der Waals surface area contributed by atoms with E-state index >= 15 is 0 Å². The number of rotatable bonds is 5. The molecule has 0 saturated heterocycles. The maximum atomic E-state index is 13.1. The van der Waals surface area contributed by atoms with Gasteiger partial charge in [0.2, 0.25) is 0 Å². The van der Waals surface area contributed by atoms with Crippen LogP contribution in [0.5, 0.6) is 0 Å². The summed E-state index contributed by atoms with van der Waals surface area (Å²) in [7, 11) is 0. The van der Waals surface area contributed by atoms with E-state index in [4.69, 9.17) is 17.1 Å². The molecular formula is C17H14FN3O2S. The number of halogens is 1. The van der Waals surface area contributed by atoms with Crippen LogP contribution in [0.4, 0.5) is 4.39 Å². The van der Waals surface area contributed by atoms with Crippen molar-refractivity contribution < 1.29 is 14.0 Å². The molecule has 5 nitrogen and oxygen atoms in total. The number of hydroxylamine groups is 1. The van der Waals surface area contributed by atoms with E-state index in [2.05, 4.69) is 10.5 Å². The average Bonchev–Trinajstić information content (AvgIpc) is 2.98. The molecular weight excluding hydrogens is 329 g/mol. The van der Waals surface area contributed by atoms with Gasteiger partial charge >= 0.3 is 0 Å². The Morgan fingerprint density at radius 2 is 1.88 bits per heavy atom. The summed E-state index contributed by atoms with van der Waals surface area (Å²) in [5.74, 6) is -0.819. The van der Waals surface area contributed by atoms with Gasteiger partial charge in [-0.15, -0.1) is 0 Å². The van der Waals surface area contributed by atoms with Gasteiger partial charge in [0.1, 0.15) is 11.5 Å². The van der Waals surface area contributed by atoms with Gasteiger partial charge in [-0.05, 0) is 42.0 Å². The number of imidazole rings is 1. The van der Waals surface area contributed by atoms with Gasteiger partial charge in [-0.3, -0.25) is 14.2 Å². The van der Waals surface area contributed by atoms with Crippen LogP contribution in [0.25, 0.3) is 5.69 Å². The van der Waals surface area contributed by atoms with Crippen molar-refractivity contribution >= 4 is 18.1 Å². The molecule has 7 heteroatoms. The summed E-state index contributed by atoms with van der Waals surface area (Å²) in [6, 6.07) is 15.2. The van der Waals surface area contributed by atoms with Crippen LogP contribution in [-0.2, 0) is 11.4 Å². The normalized spacial score (nSPS) is 10.5. The zero-order valence-electron chi connectivity index (χ0n) is 12.5. The number of nitrogens with zero attached hydrogens (tertiary/aromatic N) is 1. The minimum atomic E-state index is -0.456. The molecule has 2 aromatic carbocycles. The molecule has 0 fully saturated rings. The van der Waals surface area contributed by atoms with Gasteiger partial charge in [-0.25, -0.2) is 9.87 Å². The van der Waals surface area contributed by atoms with Gasteiger partial charge in [0, 0.05) is 11.9 Å². The van der Waals surface area contributed by atoms with Gasteiger partial charge in [0.05, 0.1) is 6.61 Å². The van der Waals surface area contributed by atoms with Gasteiger partial charge in [-0.1, -0.05) is 30.3 Å². The molecule has 24 heavy (non-hydrogen) atoms. The Morgan fingerprint density at radius 3 is 2.58 bits per heavy atom. The molecule has 1 aromatic heterocycles. The Kier molecular flexibility index (Phi) is 4.83. The number of H-pyrrole nitrogens is 1. The summed E-state index contributed by atoms with van der Waals surface area (Å²) in [6.45, 7) is 0.244. The van der Waals surface area contributed by atoms with Crippen LogP contribution in [0, 0.1) is 10.6 Å². The lowest BCUT2D eigenvalue weighted by Gasteiger charge is -2.09. The Labute approximate surface area is 142 Å². The molecule has 0 aliphatic rings. The molecule has 1 amide bonds. The largest absolute Gasteiger partial charge is 0.336 e. The molecule has 0 spiro atoms. The molecule has 0 atom stereocenters. The monoisotopic (exact) mass is 343 g/mol. The van der Waals surface area contributed by atoms with Crippen LogP contribution in [0.2, 0.25) is 0 Å². The number of carbonyl (C=O) groups is 1. The molecule has 2 N–H and O–H groups in total. The maximum Gasteiger partial charge on any atom is 0.293 e. The third kappa shape index (κ3) is 3.58. The highest BCUT2D eigenvalue weighted by molar-refractivity contribution is 7.71. The first-order valence-electron chi connectivity index (χ1n) is 7.17. The van der Waals surface area contributed by atoms with Crippen molar-refractivity contribution in [3.63, 3.8) is 0 Å². The molecule has 0 bridgehead atoms. The lowest BCUT2D eigenvalue weighted by atomic mass is 10.2. The fraction of sp³-hybridized carbons (Fsp3) is 0.0588. The first-order chi connectivity index (χ1) is 11.6. The number of aromatic amines is 1. The van der Waals surface area contributed by atoms with Crippen molar-refractivity contribution in [3.05, 3.63) is 82.6 Å². The molecule has 1 heterocycles. The third-order valence-corrected chi connectivity index (χ3v) is 3.64. The molecule has 0 unspecified atom stereocenters. The van der Waals surface area contributed by atoms with E-state index in [0.717, 1.165) is 5.56 Å². The van der Waals surface area contributed by atoms with Crippen molar-refractivity contribution in [1.29, 1.82) is 0 Å². The summed E-state index contributed by atoms with van der Waals surface area (Å²) in [6.07, 6.45) is 1.48. The molecule has 3 rings (SSSR count). The zero-order valence-corrected chi connectivity index (χ0v) is 13.3. The van der Waals surface area contributed by atoms with Gasteiger partial charge in [0.15, 0.2) is 4.77 Å². The summed E-state index contributed by atoms with van der Waals surface area (Å²) >= 11 is 5.19. The zero-order chi connectivity index (χ0) is 16.9. The predicted octanol–water partition coefficient (Wildman–Crippen LogP) is 3.54. The van der Waals surface area contributed by atoms with E-state index in [-0.39, 0.29) is 18.1 Å². The Morgan fingerprint density at radius 1 is 1.17 bits per heavy atom. The summed E-state index contributed by atoms with van der Waals surface area (Å²) in [4.78, 5) is 20.4. The third-order valence-electron chi connectivity index (χ3n) is 3.34. The Bertz CT molecular complexity index is 888. The molecule has 0 aliphatic carbocycles. The molecule has 0 saturated carbocycles. The number of hydrogen-bond donors (Lipinski definition) is 2. The van der Waals surface area contributed by atoms with Crippen molar-refractivity contribution in [2.24, 2.45) is 0 Å². The number of benzene rings is 2. The smallest absolute Gasteiger partial charge is 0.293 e. The minimum absolute atomic E-state index is 0.244. The highest BCUT2D eigenvalue weighted by atomic mass is 32.1. The van der Waals surface area contributed by atoms with Crippen molar-refractivity contribution in [1.82, 2.24) is 15.0 Å². The highest BCUT2D eigenvalue weighted by Crippen LogP contribution is 2.14. The summed E-state index contributed by atoms with van der Waals surface area (Å²) in [5.41, 5.74) is 4.16. The number of hydrogen-bond acceptors (Lipinski definition) is 3. The first-order valence-corrected chi connectivity index (χ1v) is 7.58. The van der Waals surface area contributed by atoms with Gasteiger partial charge < -0.3 is 4.98 Å². The number of aromatic nitrogens is 2. The van der Waals surface area contributed by atoms with Crippen LogP contribution >= 0.6 is 12.2 Å². The van der Waals surface area contributed by atoms with E-state index in [9.17, 15) is 9.18 Å². The fourth-order valence-electron chi connectivity index (χ4n) is 2.19. The molecule has 0 aliphatic heterocycles. The fourth-order valence-corrected chi connectivity index (χ4v) is 2.46. The Hall–Kier alpha value is -2.77. The standard InChI is InChI=1S/C17H14FN3O2S/c18-13-6-8-14(9-7-13)21-15(10-19-17(21)24)16(22)20-23-11-12-4-2-1-3-5-12/h1-10H,11H2,(H,19,24)(H,20,22). The van der Waals surface area contributed by atoms with E-state index in [1.165, 1.54) is 22.9 Å². The average molecular weight is 343 g/mol. The van der Waals surface area contributed by atoms with Crippen LogP contribution < -0.4 is 5.48 Å². The molecule has 0 radical (unpaired) electrons. The number of amides is 1. The SMILES string of the molecule is O=C(NOCc1ccccc1)c1c[nH]c(=S)n1-c1ccc(F)cc1. The molecule has 3 aromatic rings. The topological polar surface area (TPSA) is 59.0 Å². The second kappa shape index (κ2) is 7.20. The summed E-state index contributed by atoms with van der Waals surface area (Å²) < 4.78 is 14.9. The van der Waals surface area contributed by atoms with Gasteiger partial charge in [-0.2, -0.15) is 0 Å². The van der Waals surface area contributed by atoms with E-state index in [0.29, 0.717) is 10.5 Å². The number of nitrogens with one attached hydrogen (secondary N) is 2. The van der Waals surface area contributed by atoms with Crippen LogP contribution in [0.3, 0.4) is 0 Å². The van der Waals surface area contributed by atoms with E-state index in [1.54, 1.807) is 12.1 Å². The van der Waals surface area contributed by atoms with Gasteiger partial charge in [0.25, 0.3) is 5.91 Å². The minimum Gasteiger partial charge on any atom is -0.336 e. The van der Waals surface area contributed by atoms with Crippen molar-refractivity contribution in [2.75, 3.05) is 0 Å². The predicted molar refractivity (Wildman–Crippen MR) is 89.6 cm³/mol.